The first-order valence-corrected chi connectivity index (χ1v) is 12.1. The Hall–Kier alpha value is -2.24. The fourth-order valence-electron chi connectivity index (χ4n) is 4.45. The zero-order chi connectivity index (χ0) is 22.8. The summed E-state index contributed by atoms with van der Waals surface area (Å²) < 4.78 is 17.0. The van der Waals surface area contributed by atoms with Crippen LogP contribution in [0.3, 0.4) is 0 Å². The molecule has 32 heavy (non-hydrogen) atoms. The van der Waals surface area contributed by atoms with E-state index in [2.05, 4.69) is 60.5 Å². The van der Waals surface area contributed by atoms with E-state index in [1.807, 2.05) is 0 Å². The van der Waals surface area contributed by atoms with E-state index in [1.165, 1.54) is 36.1 Å². The van der Waals surface area contributed by atoms with Crippen molar-refractivity contribution in [3.8, 4) is 17.2 Å². The largest absolute Gasteiger partial charge is 0.494 e. The second kappa shape index (κ2) is 12.7. The molecule has 0 bridgehead atoms. The second-order valence-corrected chi connectivity index (χ2v) is 8.45. The molecule has 1 aliphatic rings. The van der Waals surface area contributed by atoms with Crippen LogP contribution in [-0.4, -0.2) is 51.9 Å². The van der Waals surface area contributed by atoms with Gasteiger partial charge in [0.15, 0.2) is 11.5 Å². The Kier molecular flexibility index (Phi) is 9.69. The molecule has 0 amide bonds. The van der Waals surface area contributed by atoms with Gasteiger partial charge in [-0.15, -0.1) is 0 Å². The molecule has 5 heteroatoms. The highest BCUT2D eigenvalue weighted by Gasteiger charge is 2.22. The molecule has 0 aliphatic carbocycles. The first-order valence-electron chi connectivity index (χ1n) is 12.1. The minimum absolute atomic E-state index is 0.274. The molecular formula is C27H40N2O3. The van der Waals surface area contributed by atoms with Gasteiger partial charge in [-0.25, -0.2) is 0 Å². The molecular weight excluding hydrogens is 400 g/mol. The Morgan fingerprint density at radius 3 is 2.34 bits per heavy atom. The molecule has 1 N–H and O–H groups in total. The summed E-state index contributed by atoms with van der Waals surface area (Å²) in [5.41, 5.74) is 3.95. The maximum atomic E-state index is 5.96. The lowest BCUT2D eigenvalue weighted by Gasteiger charge is -2.28. The number of fused-ring (bicyclic) bond motifs is 1. The van der Waals surface area contributed by atoms with Gasteiger partial charge in [0.1, 0.15) is 5.75 Å². The number of benzene rings is 2. The molecule has 1 aliphatic heterocycles. The lowest BCUT2D eigenvalue weighted by Crippen LogP contribution is -2.31. The van der Waals surface area contributed by atoms with Crippen LogP contribution in [0.2, 0.25) is 0 Å². The van der Waals surface area contributed by atoms with Crippen molar-refractivity contribution < 1.29 is 14.2 Å². The summed E-state index contributed by atoms with van der Waals surface area (Å²) in [4.78, 5) is 2.48. The second-order valence-electron chi connectivity index (χ2n) is 8.45. The SMILES string of the molecule is CCN(CC)CCCCCOc1ccc(CC2NCCc3cc(OC)c(OC)cc32)cc1. The van der Waals surface area contributed by atoms with E-state index in [0.717, 1.165) is 62.8 Å². The van der Waals surface area contributed by atoms with E-state index in [0.29, 0.717) is 0 Å². The minimum atomic E-state index is 0.274. The predicted octanol–water partition coefficient (Wildman–Crippen LogP) is 5.02. The van der Waals surface area contributed by atoms with Gasteiger partial charge >= 0.3 is 0 Å². The molecule has 2 aromatic carbocycles. The van der Waals surface area contributed by atoms with Gasteiger partial charge in [-0.3, -0.25) is 0 Å². The summed E-state index contributed by atoms with van der Waals surface area (Å²) in [6.45, 7) is 9.70. The first kappa shape index (κ1) is 24.4. The summed E-state index contributed by atoms with van der Waals surface area (Å²) in [5, 5.41) is 3.67. The highest BCUT2D eigenvalue weighted by Crippen LogP contribution is 2.36. The third-order valence-corrected chi connectivity index (χ3v) is 6.45. The van der Waals surface area contributed by atoms with Gasteiger partial charge in [0.2, 0.25) is 0 Å². The summed E-state index contributed by atoms with van der Waals surface area (Å²) in [7, 11) is 3.39. The van der Waals surface area contributed by atoms with Crippen molar-refractivity contribution in [2.45, 2.75) is 52.0 Å². The molecule has 3 rings (SSSR count). The van der Waals surface area contributed by atoms with Gasteiger partial charge in [-0.05, 0) is 99.2 Å². The van der Waals surface area contributed by atoms with Crippen LogP contribution in [0.1, 0.15) is 55.8 Å². The van der Waals surface area contributed by atoms with Gasteiger partial charge in [0.25, 0.3) is 0 Å². The molecule has 0 aromatic heterocycles. The number of rotatable bonds is 13. The minimum Gasteiger partial charge on any atom is -0.494 e. The quantitative estimate of drug-likeness (QED) is 0.443. The summed E-state index contributed by atoms with van der Waals surface area (Å²) >= 11 is 0. The van der Waals surface area contributed by atoms with Crippen molar-refractivity contribution in [3.63, 3.8) is 0 Å². The monoisotopic (exact) mass is 440 g/mol. The van der Waals surface area contributed by atoms with E-state index in [9.17, 15) is 0 Å². The van der Waals surface area contributed by atoms with E-state index < -0.39 is 0 Å². The Morgan fingerprint density at radius 2 is 1.66 bits per heavy atom. The highest BCUT2D eigenvalue weighted by molar-refractivity contribution is 5.49. The summed E-state index contributed by atoms with van der Waals surface area (Å²) in [5.74, 6) is 2.56. The Labute approximate surface area is 194 Å². The number of hydrogen-bond acceptors (Lipinski definition) is 5. The molecule has 1 atom stereocenters. The van der Waals surface area contributed by atoms with Crippen LogP contribution in [0.4, 0.5) is 0 Å². The van der Waals surface area contributed by atoms with Crippen molar-refractivity contribution in [1.29, 1.82) is 0 Å². The Bertz CT molecular complexity index is 818. The average Bonchev–Trinajstić information content (AvgIpc) is 2.84. The molecule has 0 saturated heterocycles. The van der Waals surface area contributed by atoms with Crippen molar-refractivity contribution in [3.05, 3.63) is 53.1 Å². The number of nitrogens with one attached hydrogen (secondary N) is 1. The highest BCUT2D eigenvalue weighted by atomic mass is 16.5. The molecule has 0 spiro atoms. The number of ether oxygens (including phenoxy) is 3. The van der Waals surface area contributed by atoms with Crippen LogP contribution in [-0.2, 0) is 12.8 Å². The van der Waals surface area contributed by atoms with E-state index in [1.54, 1.807) is 14.2 Å². The number of nitrogens with zero attached hydrogens (tertiary/aromatic N) is 1. The van der Waals surface area contributed by atoms with Crippen molar-refractivity contribution in [2.24, 2.45) is 0 Å². The molecule has 5 nitrogen and oxygen atoms in total. The van der Waals surface area contributed by atoms with Crippen LogP contribution < -0.4 is 19.5 Å². The van der Waals surface area contributed by atoms with Crippen LogP contribution in [0, 0.1) is 0 Å². The van der Waals surface area contributed by atoms with Crippen molar-refractivity contribution in [2.75, 3.05) is 47.0 Å². The van der Waals surface area contributed by atoms with Gasteiger partial charge < -0.3 is 24.4 Å². The third-order valence-electron chi connectivity index (χ3n) is 6.45. The van der Waals surface area contributed by atoms with Crippen LogP contribution in [0.15, 0.2) is 36.4 Å². The Morgan fingerprint density at radius 1 is 0.938 bits per heavy atom. The summed E-state index contributed by atoms with van der Waals surface area (Å²) in [6.07, 6.45) is 5.52. The lowest BCUT2D eigenvalue weighted by molar-refractivity contribution is 0.277. The lowest BCUT2D eigenvalue weighted by atomic mass is 9.90. The van der Waals surface area contributed by atoms with Crippen LogP contribution >= 0.6 is 0 Å². The summed E-state index contributed by atoms with van der Waals surface area (Å²) in [6, 6.07) is 13.1. The zero-order valence-corrected chi connectivity index (χ0v) is 20.3. The molecule has 0 radical (unpaired) electrons. The van der Waals surface area contributed by atoms with E-state index >= 15 is 0 Å². The zero-order valence-electron chi connectivity index (χ0n) is 20.3. The van der Waals surface area contributed by atoms with Crippen LogP contribution in [0.5, 0.6) is 17.2 Å². The van der Waals surface area contributed by atoms with Gasteiger partial charge in [0.05, 0.1) is 20.8 Å². The van der Waals surface area contributed by atoms with Gasteiger partial charge in [-0.2, -0.15) is 0 Å². The number of hydrogen-bond donors (Lipinski definition) is 1. The van der Waals surface area contributed by atoms with Crippen molar-refractivity contribution in [1.82, 2.24) is 10.2 Å². The maximum Gasteiger partial charge on any atom is 0.161 e. The average molecular weight is 441 g/mol. The molecule has 176 valence electrons. The topological polar surface area (TPSA) is 43.0 Å². The molecule has 0 saturated carbocycles. The molecule has 2 aromatic rings. The standard InChI is InChI=1S/C27H40N2O3/c1-5-29(6-2)16-8-7-9-17-32-23-12-10-21(11-13-23)18-25-24-20-27(31-4)26(30-3)19-22(24)14-15-28-25/h10-13,19-20,25,28H,5-9,14-18H2,1-4H3. The normalized spacial score (nSPS) is 15.5. The predicted molar refractivity (Wildman–Crippen MR) is 131 cm³/mol. The molecule has 1 unspecified atom stereocenters. The van der Waals surface area contributed by atoms with Crippen molar-refractivity contribution >= 4 is 0 Å². The first-order chi connectivity index (χ1) is 15.7. The van der Waals surface area contributed by atoms with E-state index in [-0.39, 0.29) is 6.04 Å². The molecule has 0 fully saturated rings. The van der Waals surface area contributed by atoms with Gasteiger partial charge in [0, 0.05) is 6.04 Å². The van der Waals surface area contributed by atoms with Crippen LogP contribution in [0.25, 0.3) is 0 Å². The number of methoxy groups -OCH3 is 2. The Balaban J connectivity index is 1.49. The van der Waals surface area contributed by atoms with Gasteiger partial charge in [-0.1, -0.05) is 26.0 Å². The molecule has 1 heterocycles. The fraction of sp³-hybridized carbons (Fsp3) is 0.556. The smallest absolute Gasteiger partial charge is 0.161 e. The third kappa shape index (κ3) is 6.63. The van der Waals surface area contributed by atoms with E-state index in [4.69, 9.17) is 14.2 Å². The number of unbranched alkanes of at least 4 members (excludes halogenated alkanes) is 2. The maximum absolute atomic E-state index is 5.96. The fourth-order valence-corrected chi connectivity index (χ4v) is 4.45.